The molecule has 1 amide bonds. The number of nitrogens with zero attached hydrogens (tertiary/aromatic N) is 4. The molecule has 1 aliphatic heterocycles. The zero-order valence-electron chi connectivity index (χ0n) is 19.6. The molecular formula is C26H20FN5O5. The number of carbonyl (C=O) groups excluding carboxylic acids is 1. The molecule has 4 heterocycles. The van der Waals surface area contributed by atoms with Crippen LogP contribution in [0.15, 0.2) is 65.7 Å². The summed E-state index contributed by atoms with van der Waals surface area (Å²) >= 11 is 0. The first-order valence-corrected chi connectivity index (χ1v) is 11.4. The van der Waals surface area contributed by atoms with Gasteiger partial charge in [-0.3, -0.25) is 15.0 Å². The quantitative estimate of drug-likeness (QED) is 0.394. The van der Waals surface area contributed by atoms with E-state index in [9.17, 15) is 14.0 Å². The number of hydrogen-bond acceptors (Lipinski definition) is 7. The molecule has 0 saturated heterocycles. The van der Waals surface area contributed by atoms with Crippen molar-refractivity contribution in [3.63, 3.8) is 0 Å². The molecule has 5 aromatic rings. The van der Waals surface area contributed by atoms with Crippen LogP contribution in [0.25, 0.3) is 27.7 Å². The van der Waals surface area contributed by atoms with Crippen molar-refractivity contribution in [2.75, 3.05) is 25.7 Å². The number of aromatic nitrogens is 4. The van der Waals surface area contributed by atoms with Crippen molar-refractivity contribution in [1.82, 2.24) is 19.3 Å². The number of ether oxygens (including phenoxy) is 3. The van der Waals surface area contributed by atoms with Crippen molar-refractivity contribution in [3.05, 3.63) is 88.4 Å². The third-order valence-corrected chi connectivity index (χ3v) is 6.02. The zero-order valence-corrected chi connectivity index (χ0v) is 19.6. The minimum atomic E-state index is -0.493. The Morgan fingerprint density at radius 1 is 1.11 bits per heavy atom. The monoisotopic (exact) mass is 501 g/mol. The largest absolute Gasteiger partial charge is 0.486 e. The van der Waals surface area contributed by atoms with Gasteiger partial charge in [0, 0.05) is 25.1 Å². The third-order valence-electron chi connectivity index (χ3n) is 6.02. The van der Waals surface area contributed by atoms with Crippen molar-refractivity contribution in [3.8, 4) is 22.6 Å². The number of nitrogens with one attached hydrogen (secondary N) is 1. The third kappa shape index (κ3) is 3.95. The second-order valence-corrected chi connectivity index (χ2v) is 8.34. The first-order chi connectivity index (χ1) is 18.0. The number of carbonyl (C=O) groups is 1. The van der Waals surface area contributed by atoms with E-state index in [-0.39, 0.29) is 17.8 Å². The van der Waals surface area contributed by atoms with Crippen molar-refractivity contribution >= 4 is 22.5 Å². The standard InChI is InChI=1S/C26H20FN5O5/c1-35-14-19-23(15-2-5-17(27)6-3-15)24-28-13-18-20(32(24)29-19)8-9-31(26(18)34)30-25(33)16-4-7-21-22(12-16)37-11-10-36-21/h2-9,12-13H,10-11,14H2,1H3,(H,30,33). The van der Waals surface area contributed by atoms with Crippen LogP contribution in [-0.2, 0) is 11.3 Å². The molecule has 0 saturated carbocycles. The topological polar surface area (TPSA) is 109 Å². The molecule has 10 nitrogen and oxygen atoms in total. The van der Waals surface area contributed by atoms with Crippen molar-refractivity contribution < 1.29 is 23.4 Å². The lowest BCUT2D eigenvalue weighted by Gasteiger charge is -2.18. The number of amides is 1. The van der Waals surface area contributed by atoms with Gasteiger partial charge in [0.1, 0.15) is 19.0 Å². The lowest BCUT2D eigenvalue weighted by Crippen LogP contribution is -2.33. The maximum atomic E-state index is 13.5. The number of halogens is 1. The van der Waals surface area contributed by atoms with Gasteiger partial charge in [-0.1, -0.05) is 12.1 Å². The van der Waals surface area contributed by atoms with Gasteiger partial charge in [-0.25, -0.2) is 18.6 Å². The Kier molecular flexibility index (Phi) is 5.53. The fourth-order valence-electron chi connectivity index (χ4n) is 4.31. The first kappa shape index (κ1) is 22.7. The highest BCUT2D eigenvalue weighted by Crippen LogP contribution is 2.31. The van der Waals surface area contributed by atoms with Crippen LogP contribution in [0.1, 0.15) is 16.1 Å². The Bertz CT molecular complexity index is 1730. The number of rotatable bonds is 5. The van der Waals surface area contributed by atoms with Crippen LogP contribution in [0.4, 0.5) is 4.39 Å². The van der Waals surface area contributed by atoms with E-state index in [0.717, 1.165) is 10.2 Å². The molecule has 2 aromatic carbocycles. The summed E-state index contributed by atoms with van der Waals surface area (Å²) in [5.74, 6) is 0.185. The van der Waals surface area contributed by atoms with Gasteiger partial charge in [-0.05, 0) is 42.0 Å². The molecule has 0 atom stereocenters. The summed E-state index contributed by atoms with van der Waals surface area (Å²) in [6, 6.07) is 12.5. The average Bonchev–Trinajstić information content (AvgIpc) is 3.29. The Labute approximate surface area is 208 Å². The fourth-order valence-corrected chi connectivity index (χ4v) is 4.31. The minimum Gasteiger partial charge on any atom is -0.486 e. The van der Waals surface area contributed by atoms with Gasteiger partial charge in [0.05, 0.1) is 28.8 Å². The first-order valence-electron chi connectivity index (χ1n) is 11.4. The number of pyridine rings is 1. The second-order valence-electron chi connectivity index (χ2n) is 8.34. The lowest BCUT2D eigenvalue weighted by atomic mass is 10.1. The highest BCUT2D eigenvalue weighted by Gasteiger charge is 2.20. The molecule has 37 heavy (non-hydrogen) atoms. The van der Waals surface area contributed by atoms with E-state index in [4.69, 9.17) is 14.2 Å². The Balaban J connectivity index is 1.40. The van der Waals surface area contributed by atoms with E-state index in [0.29, 0.717) is 52.7 Å². The molecule has 1 aliphatic rings. The maximum Gasteiger partial charge on any atom is 0.280 e. The van der Waals surface area contributed by atoms with Crippen LogP contribution in [0, 0.1) is 5.82 Å². The van der Waals surface area contributed by atoms with Gasteiger partial charge < -0.3 is 14.2 Å². The summed E-state index contributed by atoms with van der Waals surface area (Å²) in [6.45, 7) is 1.03. The van der Waals surface area contributed by atoms with E-state index in [1.54, 1.807) is 48.0 Å². The Morgan fingerprint density at radius 3 is 2.68 bits per heavy atom. The molecule has 186 valence electrons. The molecule has 0 bridgehead atoms. The Morgan fingerprint density at radius 2 is 1.89 bits per heavy atom. The molecule has 11 heteroatoms. The molecule has 0 fully saturated rings. The number of hydrogen-bond donors (Lipinski definition) is 1. The van der Waals surface area contributed by atoms with Gasteiger partial charge in [-0.15, -0.1) is 0 Å². The van der Waals surface area contributed by atoms with E-state index < -0.39 is 11.5 Å². The fraction of sp³-hybridized carbons (Fsp3) is 0.154. The lowest BCUT2D eigenvalue weighted by molar-refractivity contribution is 0.101. The van der Waals surface area contributed by atoms with Crippen LogP contribution < -0.4 is 20.5 Å². The summed E-state index contributed by atoms with van der Waals surface area (Å²) in [5.41, 5.74) is 5.39. The molecule has 3 aromatic heterocycles. The molecule has 0 spiro atoms. The van der Waals surface area contributed by atoms with Crippen LogP contribution >= 0.6 is 0 Å². The number of fused-ring (bicyclic) bond motifs is 4. The van der Waals surface area contributed by atoms with E-state index >= 15 is 0 Å². The minimum absolute atomic E-state index is 0.195. The van der Waals surface area contributed by atoms with Crippen molar-refractivity contribution in [2.45, 2.75) is 6.61 Å². The van der Waals surface area contributed by atoms with E-state index in [1.165, 1.54) is 24.5 Å². The van der Waals surface area contributed by atoms with Gasteiger partial charge in [-0.2, -0.15) is 5.10 Å². The van der Waals surface area contributed by atoms with Crippen molar-refractivity contribution in [1.29, 1.82) is 0 Å². The SMILES string of the molecule is COCc1nn2c(ncc3c(=O)n(NC(=O)c4ccc5c(c4)OCCO5)ccc32)c1-c1ccc(F)cc1. The normalized spacial score (nSPS) is 12.7. The van der Waals surface area contributed by atoms with Gasteiger partial charge in [0.2, 0.25) is 0 Å². The average molecular weight is 501 g/mol. The van der Waals surface area contributed by atoms with Gasteiger partial charge in [0.15, 0.2) is 17.1 Å². The summed E-state index contributed by atoms with van der Waals surface area (Å²) < 4.78 is 32.5. The molecule has 0 radical (unpaired) electrons. The maximum absolute atomic E-state index is 13.5. The zero-order chi connectivity index (χ0) is 25.5. The van der Waals surface area contributed by atoms with Crippen molar-refractivity contribution in [2.24, 2.45) is 0 Å². The number of benzene rings is 2. The molecule has 0 aliphatic carbocycles. The predicted octanol–water partition coefficient (Wildman–Crippen LogP) is 3.15. The Hall–Kier alpha value is -4.77. The van der Waals surface area contributed by atoms with E-state index in [1.807, 2.05) is 0 Å². The summed E-state index contributed by atoms with van der Waals surface area (Å²) in [4.78, 5) is 30.6. The summed E-state index contributed by atoms with van der Waals surface area (Å²) in [7, 11) is 1.55. The van der Waals surface area contributed by atoms with Crippen LogP contribution in [0.3, 0.4) is 0 Å². The summed E-state index contributed by atoms with van der Waals surface area (Å²) in [5, 5.41) is 4.87. The molecule has 0 unspecified atom stereocenters. The van der Waals surface area contributed by atoms with Crippen LogP contribution in [0.5, 0.6) is 11.5 Å². The summed E-state index contributed by atoms with van der Waals surface area (Å²) in [6.07, 6.45) is 2.89. The highest BCUT2D eigenvalue weighted by atomic mass is 19.1. The predicted molar refractivity (Wildman–Crippen MR) is 132 cm³/mol. The van der Waals surface area contributed by atoms with Crippen LogP contribution in [-0.4, -0.2) is 45.5 Å². The molecular weight excluding hydrogens is 481 g/mol. The van der Waals surface area contributed by atoms with E-state index in [2.05, 4.69) is 15.5 Å². The van der Waals surface area contributed by atoms with Gasteiger partial charge >= 0.3 is 0 Å². The highest BCUT2D eigenvalue weighted by molar-refractivity contribution is 6.00. The molecule has 6 rings (SSSR count). The molecule has 1 N–H and O–H groups in total. The van der Waals surface area contributed by atoms with Gasteiger partial charge in [0.25, 0.3) is 11.5 Å². The number of methoxy groups -OCH3 is 1. The smallest absolute Gasteiger partial charge is 0.280 e. The van der Waals surface area contributed by atoms with Crippen LogP contribution in [0.2, 0.25) is 0 Å². The second kappa shape index (κ2) is 9.03.